The molecule has 0 fully saturated rings. The first-order chi connectivity index (χ1) is 8.79. The van der Waals surface area contributed by atoms with E-state index in [9.17, 15) is 0 Å². The summed E-state index contributed by atoms with van der Waals surface area (Å²) in [6.45, 7) is 0. The molecule has 0 bridgehead atoms. The minimum atomic E-state index is 0.472. The van der Waals surface area contributed by atoms with Crippen molar-refractivity contribution in [3.8, 4) is 17.0 Å². The molecule has 3 rings (SSSR count). The summed E-state index contributed by atoms with van der Waals surface area (Å²) >= 11 is 0. The number of fused-ring (bicyclic) bond motifs is 1. The van der Waals surface area contributed by atoms with Gasteiger partial charge in [0.1, 0.15) is 11.6 Å². The molecular formula is C14H13N3O. The van der Waals surface area contributed by atoms with E-state index in [4.69, 9.17) is 10.5 Å². The van der Waals surface area contributed by atoms with Crippen LogP contribution in [0.4, 0.5) is 5.82 Å². The van der Waals surface area contributed by atoms with Gasteiger partial charge >= 0.3 is 0 Å². The highest BCUT2D eigenvalue weighted by Gasteiger charge is 2.12. The number of aromatic nitrogens is 2. The molecule has 1 heterocycles. The van der Waals surface area contributed by atoms with Crippen LogP contribution in [0, 0.1) is 0 Å². The summed E-state index contributed by atoms with van der Waals surface area (Å²) in [4.78, 5) is 0. The second kappa shape index (κ2) is 4.07. The molecule has 4 nitrogen and oxygen atoms in total. The van der Waals surface area contributed by atoms with Crippen molar-refractivity contribution in [3.63, 3.8) is 0 Å². The molecule has 3 N–H and O–H groups in total. The fourth-order valence-corrected chi connectivity index (χ4v) is 2.16. The first-order valence-corrected chi connectivity index (χ1v) is 5.66. The average molecular weight is 239 g/mol. The molecule has 0 saturated carbocycles. The molecule has 0 aliphatic heterocycles. The maximum Gasteiger partial charge on any atom is 0.145 e. The predicted molar refractivity (Wildman–Crippen MR) is 72.5 cm³/mol. The van der Waals surface area contributed by atoms with E-state index < -0.39 is 0 Å². The van der Waals surface area contributed by atoms with Crippen LogP contribution in [0.2, 0.25) is 0 Å². The topological polar surface area (TPSA) is 63.9 Å². The number of rotatable bonds is 2. The number of anilines is 1. The number of aromatic amines is 1. The molecule has 0 radical (unpaired) electrons. The Morgan fingerprint density at radius 2 is 2.00 bits per heavy atom. The molecule has 18 heavy (non-hydrogen) atoms. The minimum absolute atomic E-state index is 0.472. The average Bonchev–Trinajstić information content (AvgIpc) is 2.83. The number of methoxy groups -OCH3 is 1. The molecule has 0 unspecified atom stereocenters. The Hall–Kier alpha value is -2.49. The van der Waals surface area contributed by atoms with Gasteiger partial charge in [-0.3, -0.25) is 5.10 Å². The molecule has 0 aliphatic carbocycles. The van der Waals surface area contributed by atoms with Crippen LogP contribution in [0.15, 0.2) is 42.5 Å². The maximum absolute atomic E-state index is 5.67. The van der Waals surface area contributed by atoms with E-state index in [1.165, 1.54) is 0 Å². The van der Waals surface area contributed by atoms with Crippen LogP contribution < -0.4 is 10.5 Å². The molecule has 4 heteroatoms. The highest BCUT2D eigenvalue weighted by molar-refractivity contribution is 5.99. The van der Waals surface area contributed by atoms with Crippen LogP contribution in [0.5, 0.6) is 5.75 Å². The number of H-pyrrole nitrogens is 1. The molecule has 3 aromatic rings. The Morgan fingerprint density at radius 3 is 2.72 bits per heavy atom. The van der Waals surface area contributed by atoms with Crippen molar-refractivity contribution in [2.24, 2.45) is 0 Å². The highest BCUT2D eigenvalue weighted by atomic mass is 16.5. The largest absolute Gasteiger partial charge is 0.496 e. The lowest BCUT2D eigenvalue weighted by Crippen LogP contribution is -1.90. The molecule has 0 amide bonds. The van der Waals surface area contributed by atoms with E-state index in [1.807, 2.05) is 30.3 Å². The Kier molecular flexibility index (Phi) is 2.41. The lowest BCUT2D eigenvalue weighted by atomic mass is 10.0. The number of hydrogen-bond acceptors (Lipinski definition) is 3. The third-order valence-corrected chi connectivity index (χ3v) is 2.98. The number of hydrogen-bond donors (Lipinski definition) is 2. The van der Waals surface area contributed by atoms with Gasteiger partial charge in [-0.15, -0.1) is 0 Å². The summed E-state index contributed by atoms with van der Waals surface area (Å²) in [6, 6.07) is 13.9. The van der Waals surface area contributed by atoms with Gasteiger partial charge in [0.15, 0.2) is 0 Å². The van der Waals surface area contributed by atoms with Gasteiger partial charge in [-0.2, -0.15) is 5.10 Å². The van der Waals surface area contributed by atoms with Gasteiger partial charge in [-0.1, -0.05) is 30.3 Å². The van der Waals surface area contributed by atoms with Gasteiger partial charge in [-0.05, 0) is 16.8 Å². The van der Waals surface area contributed by atoms with E-state index in [2.05, 4.69) is 22.3 Å². The van der Waals surface area contributed by atoms with E-state index in [1.54, 1.807) is 7.11 Å². The Labute approximate surface area is 104 Å². The summed E-state index contributed by atoms with van der Waals surface area (Å²) in [5.74, 6) is 1.28. The number of nitrogen functional groups attached to an aromatic ring is 1. The lowest BCUT2D eigenvalue weighted by molar-refractivity contribution is 0.417. The number of ether oxygens (including phenoxy) is 1. The van der Waals surface area contributed by atoms with Gasteiger partial charge in [0.05, 0.1) is 12.8 Å². The second-order valence-corrected chi connectivity index (χ2v) is 4.07. The van der Waals surface area contributed by atoms with Crippen molar-refractivity contribution in [2.75, 3.05) is 12.8 Å². The molecule has 2 aromatic carbocycles. The van der Waals surface area contributed by atoms with Crippen LogP contribution in [0.25, 0.3) is 22.0 Å². The van der Waals surface area contributed by atoms with Crippen molar-refractivity contribution in [2.45, 2.75) is 0 Å². The molecular weight excluding hydrogens is 226 g/mol. The summed E-state index contributed by atoms with van der Waals surface area (Å²) in [5.41, 5.74) is 7.52. The number of nitrogens with two attached hydrogens (primary N) is 1. The second-order valence-electron chi connectivity index (χ2n) is 4.07. The lowest BCUT2D eigenvalue weighted by Gasteiger charge is -2.10. The molecule has 1 aromatic heterocycles. The number of nitrogens with zero attached hydrogens (tertiary/aromatic N) is 1. The van der Waals surface area contributed by atoms with Crippen molar-refractivity contribution in [1.82, 2.24) is 10.2 Å². The zero-order valence-corrected chi connectivity index (χ0v) is 9.97. The number of nitrogens with one attached hydrogen (secondary N) is 1. The van der Waals surface area contributed by atoms with Crippen molar-refractivity contribution >= 4 is 16.6 Å². The SMILES string of the molecule is COc1ccc2ccccc2c1-c1cc(N)n[nH]1. The highest BCUT2D eigenvalue weighted by Crippen LogP contribution is 2.36. The zero-order chi connectivity index (χ0) is 12.5. The van der Waals surface area contributed by atoms with Crippen LogP contribution >= 0.6 is 0 Å². The Balaban J connectivity index is 2.37. The summed E-state index contributed by atoms with van der Waals surface area (Å²) in [6.07, 6.45) is 0. The van der Waals surface area contributed by atoms with Crippen molar-refractivity contribution < 1.29 is 4.74 Å². The Bertz CT molecular complexity index is 703. The van der Waals surface area contributed by atoms with Crippen LogP contribution in [0.1, 0.15) is 0 Å². The Morgan fingerprint density at radius 1 is 1.17 bits per heavy atom. The van der Waals surface area contributed by atoms with Gasteiger partial charge in [-0.25, -0.2) is 0 Å². The fourth-order valence-electron chi connectivity index (χ4n) is 2.16. The third kappa shape index (κ3) is 1.59. The molecule has 0 atom stereocenters. The van der Waals surface area contributed by atoms with Crippen molar-refractivity contribution in [1.29, 1.82) is 0 Å². The van der Waals surface area contributed by atoms with Gasteiger partial charge in [0.25, 0.3) is 0 Å². The third-order valence-electron chi connectivity index (χ3n) is 2.98. The first-order valence-electron chi connectivity index (χ1n) is 5.66. The van der Waals surface area contributed by atoms with Crippen LogP contribution in [0.3, 0.4) is 0 Å². The smallest absolute Gasteiger partial charge is 0.145 e. The molecule has 0 spiro atoms. The van der Waals surface area contributed by atoms with Crippen molar-refractivity contribution in [3.05, 3.63) is 42.5 Å². The standard InChI is InChI=1S/C14H13N3O/c1-18-12-7-6-9-4-2-3-5-10(9)14(12)11-8-13(15)17-16-11/h2-8H,1H3,(H3,15,16,17). The fraction of sp³-hybridized carbons (Fsp3) is 0.0714. The van der Waals surface area contributed by atoms with Crippen LogP contribution in [-0.4, -0.2) is 17.3 Å². The molecule has 0 aliphatic rings. The van der Waals surface area contributed by atoms with E-state index in [-0.39, 0.29) is 0 Å². The van der Waals surface area contributed by atoms with Gasteiger partial charge < -0.3 is 10.5 Å². The van der Waals surface area contributed by atoms with E-state index in [0.717, 1.165) is 27.8 Å². The van der Waals surface area contributed by atoms with Gasteiger partial charge in [0, 0.05) is 11.6 Å². The first kappa shape index (κ1) is 10.7. The summed E-state index contributed by atoms with van der Waals surface area (Å²) < 4.78 is 5.43. The molecule has 90 valence electrons. The predicted octanol–water partition coefficient (Wildman–Crippen LogP) is 2.82. The minimum Gasteiger partial charge on any atom is -0.496 e. The van der Waals surface area contributed by atoms with Crippen LogP contribution in [-0.2, 0) is 0 Å². The summed E-state index contributed by atoms with van der Waals surface area (Å²) in [7, 11) is 1.66. The monoisotopic (exact) mass is 239 g/mol. The zero-order valence-electron chi connectivity index (χ0n) is 9.97. The van der Waals surface area contributed by atoms with E-state index in [0.29, 0.717) is 5.82 Å². The van der Waals surface area contributed by atoms with Gasteiger partial charge in [0.2, 0.25) is 0 Å². The number of benzene rings is 2. The maximum atomic E-state index is 5.67. The normalized spacial score (nSPS) is 10.7. The quantitative estimate of drug-likeness (QED) is 0.722. The van der Waals surface area contributed by atoms with E-state index >= 15 is 0 Å². The summed E-state index contributed by atoms with van der Waals surface area (Å²) in [5, 5.41) is 9.17. The molecule has 0 saturated heterocycles.